The lowest BCUT2D eigenvalue weighted by Gasteiger charge is -2.45. The van der Waals surface area contributed by atoms with Gasteiger partial charge >= 0.3 is 6.61 Å². The van der Waals surface area contributed by atoms with Gasteiger partial charge in [0.15, 0.2) is 0 Å². The summed E-state index contributed by atoms with van der Waals surface area (Å²) in [5.74, 6) is 5.02. The summed E-state index contributed by atoms with van der Waals surface area (Å²) >= 11 is 3.14. The molecule has 1 amide bonds. The van der Waals surface area contributed by atoms with Crippen LogP contribution in [0.15, 0.2) is 16.7 Å². The van der Waals surface area contributed by atoms with Gasteiger partial charge in [-0.05, 0) is 46.3 Å². The van der Waals surface area contributed by atoms with Crippen molar-refractivity contribution in [2.24, 2.45) is 11.8 Å². The Balaban J connectivity index is 2.39. The van der Waals surface area contributed by atoms with Crippen molar-refractivity contribution in [3.05, 3.63) is 22.3 Å². The zero-order valence-corrected chi connectivity index (χ0v) is 12.3. The molecule has 110 valence electrons. The average Bonchev–Trinajstić information content (AvgIpc) is 2.32. The van der Waals surface area contributed by atoms with Gasteiger partial charge in [-0.25, -0.2) is 10.8 Å². The summed E-state index contributed by atoms with van der Waals surface area (Å²) in [5.41, 5.74) is 1.90. The lowest BCUT2D eigenvalue weighted by molar-refractivity contribution is -0.131. The predicted molar refractivity (Wildman–Crippen MR) is 71.0 cm³/mol. The normalized spacial score (nSPS) is 25.2. The Hall–Kier alpha value is -1.28. The van der Waals surface area contributed by atoms with Crippen LogP contribution in [0.2, 0.25) is 0 Å². The Labute approximate surface area is 123 Å². The first kappa shape index (κ1) is 15.1. The molecule has 3 N–H and O–H groups in total. The van der Waals surface area contributed by atoms with Crippen molar-refractivity contribution in [2.45, 2.75) is 31.8 Å². The second-order valence-electron chi connectivity index (χ2n) is 4.96. The Morgan fingerprint density at radius 2 is 2.25 bits per heavy atom. The number of ether oxygens (including phenoxy) is 1. The molecule has 0 saturated heterocycles. The van der Waals surface area contributed by atoms with Crippen LogP contribution in [0.25, 0.3) is 0 Å². The van der Waals surface area contributed by atoms with E-state index >= 15 is 0 Å². The number of aromatic nitrogens is 1. The zero-order chi connectivity index (χ0) is 14.9. The molecule has 1 aromatic rings. The lowest BCUT2D eigenvalue weighted by atomic mass is 9.59. The molecule has 0 atom stereocenters. The number of rotatable bonds is 4. The first-order valence-electron chi connectivity index (χ1n) is 6.01. The van der Waals surface area contributed by atoms with Crippen LogP contribution >= 0.6 is 15.9 Å². The number of hydrogen-bond donors (Lipinski definition) is 2. The lowest BCUT2D eigenvalue weighted by Crippen LogP contribution is -2.54. The number of hydrogen-bond acceptors (Lipinski definition) is 4. The van der Waals surface area contributed by atoms with E-state index in [0.717, 1.165) is 0 Å². The van der Waals surface area contributed by atoms with Crippen molar-refractivity contribution < 1.29 is 18.3 Å². The number of nitrogens with two attached hydrogens (primary N) is 1. The molecule has 0 bridgehead atoms. The largest absolute Gasteiger partial charge is 0.417 e. The minimum atomic E-state index is -2.97. The summed E-state index contributed by atoms with van der Waals surface area (Å²) in [5, 5.41) is 0. The molecule has 0 unspecified atom stereocenters. The molecule has 0 radical (unpaired) electrons. The van der Waals surface area contributed by atoms with E-state index in [4.69, 9.17) is 5.84 Å². The number of nitrogens with zero attached hydrogens (tertiary/aromatic N) is 1. The van der Waals surface area contributed by atoms with Crippen LogP contribution in [-0.2, 0) is 10.2 Å². The number of hydrazine groups is 1. The van der Waals surface area contributed by atoms with E-state index in [1.807, 2.05) is 6.92 Å². The maximum atomic E-state index is 12.3. The minimum Gasteiger partial charge on any atom is -0.417 e. The number of alkyl halides is 2. The molecule has 2 rings (SSSR count). The van der Waals surface area contributed by atoms with Gasteiger partial charge in [0.2, 0.25) is 11.8 Å². The van der Waals surface area contributed by atoms with Crippen LogP contribution in [-0.4, -0.2) is 17.5 Å². The van der Waals surface area contributed by atoms with Crippen LogP contribution in [0.5, 0.6) is 5.88 Å². The number of carbonyl (C=O) groups excluding carboxylic acids is 1. The number of amides is 1. The summed E-state index contributed by atoms with van der Waals surface area (Å²) in [7, 11) is 0. The van der Waals surface area contributed by atoms with Crippen LogP contribution in [0.4, 0.5) is 8.78 Å². The van der Waals surface area contributed by atoms with Crippen molar-refractivity contribution in [3.8, 4) is 5.88 Å². The van der Waals surface area contributed by atoms with E-state index in [-0.39, 0.29) is 11.8 Å². The fourth-order valence-electron chi connectivity index (χ4n) is 2.72. The minimum absolute atomic E-state index is 0.229. The molecule has 1 aromatic heterocycles. The standard InChI is InChI=1S/C12H14BrF2N3O2/c1-6-4-12(5-6,10(19)18-16)7-2-8(13)17-9(3-7)20-11(14)15/h2-3,6,11H,4-5,16H2,1H3,(H,18,19). The van der Waals surface area contributed by atoms with Crippen molar-refractivity contribution in [1.82, 2.24) is 10.4 Å². The zero-order valence-electron chi connectivity index (χ0n) is 10.7. The Morgan fingerprint density at radius 3 is 2.75 bits per heavy atom. The fourth-order valence-corrected chi connectivity index (χ4v) is 3.14. The van der Waals surface area contributed by atoms with Crippen LogP contribution in [0, 0.1) is 5.92 Å². The predicted octanol–water partition coefficient (Wildman–Crippen LogP) is 2.10. The molecule has 1 fully saturated rings. The number of halogens is 3. The SMILES string of the molecule is CC1CC(C(=O)NN)(c2cc(Br)nc(OC(F)F)c2)C1. The Morgan fingerprint density at radius 1 is 1.60 bits per heavy atom. The smallest absolute Gasteiger partial charge is 0.388 e. The van der Waals surface area contributed by atoms with Crippen molar-refractivity contribution >= 4 is 21.8 Å². The van der Waals surface area contributed by atoms with E-state index in [2.05, 4.69) is 31.1 Å². The highest BCUT2D eigenvalue weighted by Gasteiger charge is 2.49. The van der Waals surface area contributed by atoms with Gasteiger partial charge in [-0.15, -0.1) is 0 Å². The summed E-state index contributed by atoms with van der Waals surface area (Å²) in [6, 6.07) is 2.98. The number of pyridine rings is 1. The van der Waals surface area contributed by atoms with Gasteiger partial charge < -0.3 is 4.74 Å². The van der Waals surface area contributed by atoms with Crippen LogP contribution in [0.1, 0.15) is 25.3 Å². The first-order chi connectivity index (χ1) is 9.37. The summed E-state index contributed by atoms with van der Waals surface area (Å²) in [4.78, 5) is 15.8. The average molecular weight is 350 g/mol. The van der Waals surface area contributed by atoms with Crippen molar-refractivity contribution in [3.63, 3.8) is 0 Å². The third-order valence-corrected chi connectivity index (χ3v) is 3.90. The second kappa shape index (κ2) is 5.61. The van der Waals surface area contributed by atoms with E-state index < -0.39 is 12.0 Å². The number of nitrogens with one attached hydrogen (secondary N) is 1. The van der Waals surface area contributed by atoms with Gasteiger partial charge in [0, 0.05) is 6.07 Å². The molecule has 20 heavy (non-hydrogen) atoms. The van der Waals surface area contributed by atoms with Gasteiger partial charge in [-0.3, -0.25) is 10.2 Å². The molecule has 1 saturated carbocycles. The molecule has 1 heterocycles. The van der Waals surface area contributed by atoms with Gasteiger partial charge in [-0.1, -0.05) is 6.92 Å². The molecule has 0 aromatic carbocycles. The van der Waals surface area contributed by atoms with E-state index in [9.17, 15) is 13.6 Å². The molecule has 1 aliphatic carbocycles. The van der Waals surface area contributed by atoms with E-state index in [1.165, 1.54) is 6.07 Å². The highest BCUT2D eigenvalue weighted by Crippen LogP contribution is 2.48. The maximum absolute atomic E-state index is 12.3. The molecule has 0 aliphatic heterocycles. The fraction of sp³-hybridized carbons (Fsp3) is 0.500. The summed E-state index contributed by atoms with van der Waals surface area (Å²) in [6.07, 6.45) is 1.20. The summed E-state index contributed by atoms with van der Waals surface area (Å²) in [6.45, 7) is -0.960. The topological polar surface area (TPSA) is 77.2 Å². The summed E-state index contributed by atoms with van der Waals surface area (Å²) < 4.78 is 29.2. The molecule has 5 nitrogen and oxygen atoms in total. The third-order valence-electron chi connectivity index (χ3n) is 3.49. The maximum Gasteiger partial charge on any atom is 0.388 e. The molecular formula is C12H14BrF2N3O2. The van der Waals surface area contributed by atoms with E-state index in [1.54, 1.807) is 6.07 Å². The Kier molecular flexibility index (Phi) is 4.24. The van der Waals surface area contributed by atoms with Crippen molar-refractivity contribution in [2.75, 3.05) is 0 Å². The quantitative estimate of drug-likeness (QED) is 0.377. The second-order valence-corrected chi connectivity index (χ2v) is 5.78. The number of carbonyl (C=O) groups is 1. The Bertz CT molecular complexity index is 521. The van der Waals surface area contributed by atoms with E-state index in [0.29, 0.717) is 28.9 Å². The van der Waals surface area contributed by atoms with Crippen molar-refractivity contribution in [1.29, 1.82) is 0 Å². The highest BCUT2D eigenvalue weighted by molar-refractivity contribution is 9.10. The van der Waals surface area contributed by atoms with Gasteiger partial charge in [-0.2, -0.15) is 8.78 Å². The molecule has 8 heteroatoms. The van der Waals surface area contributed by atoms with Gasteiger partial charge in [0.1, 0.15) is 4.60 Å². The first-order valence-corrected chi connectivity index (χ1v) is 6.80. The molecule has 0 spiro atoms. The van der Waals surface area contributed by atoms with Crippen LogP contribution < -0.4 is 16.0 Å². The van der Waals surface area contributed by atoms with Crippen LogP contribution in [0.3, 0.4) is 0 Å². The highest BCUT2D eigenvalue weighted by atomic mass is 79.9. The molecular weight excluding hydrogens is 336 g/mol. The monoisotopic (exact) mass is 349 g/mol. The third kappa shape index (κ3) is 2.76. The molecule has 1 aliphatic rings. The van der Waals surface area contributed by atoms with Gasteiger partial charge in [0.05, 0.1) is 5.41 Å². The van der Waals surface area contributed by atoms with Gasteiger partial charge in [0.25, 0.3) is 0 Å².